The van der Waals surface area contributed by atoms with Crippen LogP contribution in [0.5, 0.6) is 0 Å². The van der Waals surface area contributed by atoms with Crippen molar-refractivity contribution >= 4 is 0 Å². The predicted octanol–water partition coefficient (Wildman–Crippen LogP) is 2.16. The van der Waals surface area contributed by atoms with E-state index in [-0.39, 0.29) is 6.04 Å². The molecule has 1 unspecified atom stereocenters. The Kier molecular flexibility index (Phi) is 3.77. The minimum Gasteiger partial charge on any atom is -0.324 e. The maximum absolute atomic E-state index is 6.30. The molecule has 4 nitrogen and oxygen atoms in total. The molecular formula is C14H20N4. The van der Waals surface area contributed by atoms with E-state index >= 15 is 0 Å². The summed E-state index contributed by atoms with van der Waals surface area (Å²) in [5, 5.41) is 4.17. The van der Waals surface area contributed by atoms with Gasteiger partial charge in [-0.2, -0.15) is 5.10 Å². The quantitative estimate of drug-likeness (QED) is 0.896. The third kappa shape index (κ3) is 2.43. The topological polar surface area (TPSA) is 56.7 Å². The Morgan fingerprint density at radius 1 is 1.33 bits per heavy atom. The minimum atomic E-state index is -0.0283. The normalized spacial score (nSPS) is 12.7. The van der Waals surface area contributed by atoms with Gasteiger partial charge in [0, 0.05) is 19.0 Å². The lowest BCUT2D eigenvalue weighted by atomic mass is 9.96. The molecule has 96 valence electrons. The van der Waals surface area contributed by atoms with Gasteiger partial charge in [0.2, 0.25) is 0 Å². The van der Waals surface area contributed by atoms with E-state index in [1.165, 1.54) is 16.7 Å². The van der Waals surface area contributed by atoms with Crippen molar-refractivity contribution in [1.82, 2.24) is 14.8 Å². The molecule has 0 saturated carbocycles. The van der Waals surface area contributed by atoms with E-state index in [0.717, 1.165) is 18.8 Å². The molecule has 1 atom stereocenters. The molecule has 0 radical (unpaired) electrons. The van der Waals surface area contributed by atoms with Gasteiger partial charge < -0.3 is 5.73 Å². The van der Waals surface area contributed by atoms with E-state index < -0.39 is 0 Å². The second-order valence-electron chi connectivity index (χ2n) is 4.59. The zero-order valence-corrected chi connectivity index (χ0v) is 11.2. The van der Waals surface area contributed by atoms with Crippen LogP contribution in [-0.4, -0.2) is 14.8 Å². The Bertz CT molecular complexity index is 530. The van der Waals surface area contributed by atoms with Crippen LogP contribution in [0, 0.1) is 13.8 Å². The summed E-state index contributed by atoms with van der Waals surface area (Å²) in [6.45, 7) is 7.12. The molecule has 1 aromatic heterocycles. The number of aromatic nitrogens is 3. The molecule has 2 rings (SSSR count). The summed E-state index contributed by atoms with van der Waals surface area (Å²) < 4.78 is 1.89. The third-order valence-corrected chi connectivity index (χ3v) is 3.44. The second kappa shape index (κ2) is 5.31. The number of aryl methyl sites for hydroxylation is 2. The molecule has 0 saturated heterocycles. The first-order valence-corrected chi connectivity index (χ1v) is 6.31. The highest BCUT2D eigenvalue weighted by Gasteiger charge is 2.14. The molecule has 0 aliphatic heterocycles. The zero-order chi connectivity index (χ0) is 13.1. The fourth-order valence-corrected chi connectivity index (χ4v) is 2.19. The standard InChI is InChI=1S/C14H20N4/c1-4-18-14(16-9-17-18)8-13(15)12-7-5-6-10(2)11(12)3/h5-7,9,13H,4,8,15H2,1-3H3. The van der Waals surface area contributed by atoms with E-state index in [4.69, 9.17) is 5.73 Å². The zero-order valence-electron chi connectivity index (χ0n) is 11.2. The molecule has 0 fully saturated rings. The summed E-state index contributed by atoms with van der Waals surface area (Å²) >= 11 is 0. The molecule has 18 heavy (non-hydrogen) atoms. The van der Waals surface area contributed by atoms with Crippen LogP contribution in [-0.2, 0) is 13.0 Å². The SMILES string of the molecule is CCn1ncnc1CC(N)c1cccc(C)c1C. The van der Waals surface area contributed by atoms with Gasteiger partial charge in [0.05, 0.1) is 0 Å². The van der Waals surface area contributed by atoms with Gasteiger partial charge in [-0.15, -0.1) is 0 Å². The first-order chi connectivity index (χ1) is 8.63. The average Bonchev–Trinajstić information content (AvgIpc) is 2.79. The largest absolute Gasteiger partial charge is 0.324 e. The molecule has 2 aromatic rings. The van der Waals surface area contributed by atoms with Crippen LogP contribution in [0.1, 0.15) is 35.5 Å². The Labute approximate surface area is 108 Å². The fraction of sp³-hybridized carbons (Fsp3) is 0.429. The van der Waals surface area contributed by atoms with Crippen molar-refractivity contribution in [2.75, 3.05) is 0 Å². The summed E-state index contributed by atoms with van der Waals surface area (Å²) in [7, 11) is 0. The molecule has 4 heteroatoms. The van der Waals surface area contributed by atoms with Crippen molar-refractivity contribution in [3.05, 3.63) is 47.0 Å². The number of hydrogen-bond donors (Lipinski definition) is 1. The highest BCUT2D eigenvalue weighted by Crippen LogP contribution is 2.21. The van der Waals surface area contributed by atoms with Crippen molar-refractivity contribution in [2.45, 2.75) is 39.8 Å². The van der Waals surface area contributed by atoms with Gasteiger partial charge in [0.1, 0.15) is 12.2 Å². The van der Waals surface area contributed by atoms with Crippen molar-refractivity contribution in [3.63, 3.8) is 0 Å². The molecule has 0 aliphatic rings. The smallest absolute Gasteiger partial charge is 0.138 e. The first-order valence-electron chi connectivity index (χ1n) is 6.31. The molecule has 1 aromatic carbocycles. The number of benzene rings is 1. The van der Waals surface area contributed by atoms with Crippen LogP contribution >= 0.6 is 0 Å². The number of hydrogen-bond acceptors (Lipinski definition) is 3. The van der Waals surface area contributed by atoms with Crippen molar-refractivity contribution in [2.24, 2.45) is 5.73 Å². The van der Waals surface area contributed by atoms with Crippen LogP contribution in [0.2, 0.25) is 0 Å². The van der Waals surface area contributed by atoms with Crippen molar-refractivity contribution in [1.29, 1.82) is 0 Å². The minimum absolute atomic E-state index is 0.0283. The van der Waals surface area contributed by atoms with E-state index in [1.807, 2.05) is 4.68 Å². The molecule has 0 aliphatic carbocycles. The van der Waals surface area contributed by atoms with Gasteiger partial charge >= 0.3 is 0 Å². The first kappa shape index (κ1) is 12.8. The van der Waals surface area contributed by atoms with Gasteiger partial charge in [0.15, 0.2) is 0 Å². The molecule has 2 N–H and O–H groups in total. The van der Waals surface area contributed by atoms with E-state index in [2.05, 4.69) is 49.1 Å². The van der Waals surface area contributed by atoms with E-state index in [0.29, 0.717) is 0 Å². The summed E-state index contributed by atoms with van der Waals surface area (Å²) in [5.74, 6) is 0.950. The molecular weight excluding hydrogens is 224 g/mol. The summed E-state index contributed by atoms with van der Waals surface area (Å²) in [4.78, 5) is 4.28. The third-order valence-electron chi connectivity index (χ3n) is 3.44. The van der Waals surface area contributed by atoms with Gasteiger partial charge in [-0.25, -0.2) is 4.98 Å². The number of nitrogens with two attached hydrogens (primary N) is 1. The van der Waals surface area contributed by atoms with Gasteiger partial charge in [-0.3, -0.25) is 4.68 Å². The Morgan fingerprint density at radius 3 is 2.83 bits per heavy atom. The Morgan fingerprint density at radius 2 is 2.11 bits per heavy atom. The van der Waals surface area contributed by atoms with Crippen molar-refractivity contribution < 1.29 is 0 Å². The summed E-state index contributed by atoms with van der Waals surface area (Å²) in [6.07, 6.45) is 2.31. The van der Waals surface area contributed by atoms with Crippen LogP contribution in [0.25, 0.3) is 0 Å². The Hall–Kier alpha value is -1.68. The molecule has 1 heterocycles. The fourth-order valence-electron chi connectivity index (χ4n) is 2.19. The molecule has 0 spiro atoms. The van der Waals surface area contributed by atoms with E-state index in [1.54, 1.807) is 6.33 Å². The summed E-state index contributed by atoms with van der Waals surface area (Å²) in [6, 6.07) is 6.24. The lowest BCUT2D eigenvalue weighted by molar-refractivity contribution is 0.580. The maximum atomic E-state index is 6.30. The lowest BCUT2D eigenvalue weighted by Crippen LogP contribution is -2.18. The highest BCUT2D eigenvalue weighted by atomic mass is 15.3. The maximum Gasteiger partial charge on any atom is 0.138 e. The highest BCUT2D eigenvalue weighted by molar-refractivity contribution is 5.35. The van der Waals surface area contributed by atoms with Gasteiger partial charge in [0.25, 0.3) is 0 Å². The average molecular weight is 244 g/mol. The predicted molar refractivity (Wildman–Crippen MR) is 72.2 cm³/mol. The van der Waals surface area contributed by atoms with Gasteiger partial charge in [-0.1, -0.05) is 18.2 Å². The van der Waals surface area contributed by atoms with Crippen molar-refractivity contribution in [3.8, 4) is 0 Å². The molecule has 0 amide bonds. The second-order valence-corrected chi connectivity index (χ2v) is 4.59. The number of rotatable bonds is 4. The lowest BCUT2D eigenvalue weighted by Gasteiger charge is -2.16. The van der Waals surface area contributed by atoms with Crippen LogP contribution in [0.15, 0.2) is 24.5 Å². The molecule has 0 bridgehead atoms. The van der Waals surface area contributed by atoms with Crippen LogP contribution < -0.4 is 5.73 Å². The van der Waals surface area contributed by atoms with Crippen LogP contribution in [0.4, 0.5) is 0 Å². The number of nitrogens with zero attached hydrogens (tertiary/aromatic N) is 3. The monoisotopic (exact) mass is 244 g/mol. The Balaban J connectivity index is 2.22. The van der Waals surface area contributed by atoms with E-state index in [9.17, 15) is 0 Å². The van der Waals surface area contributed by atoms with Crippen LogP contribution in [0.3, 0.4) is 0 Å². The van der Waals surface area contributed by atoms with Gasteiger partial charge in [-0.05, 0) is 37.5 Å². The summed E-state index contributed by atoms with van der Waals surface area (Å²) in [5.41, 5.74) is 10.0.